The summed E-state index contributed by atoms with van der Waals surface area (Å²) in [6.45, 7) is 3.33. The highest BCUT2D eigenvalue weighted by atomic mass is 15.0. The van der Waals surface area contributed by atoms with Crippen LogP contribution in [-0.2, 0) is 6.42 Å². The Morgan fingerprint density at radius 3 is 3.23 bits per heavy atom. The molecular formula is C11H16N2. The molecule has 1 N–H and O–H groups in total. The molecule has 0 bridgehead atoms. The molecule has 0 radical (unpaired) electrons. The van der Waals surface area contributed by atoms with Crippen LogP contribution in [0.4, 0.5) is 0 Å². The molecule has 13 heavy (non-hydrogen) atoms. The van der Waals surface area contributed by atoms with Gasteiger partial charge < -0.3 is 5.32 Å². The fourth-order valence-electron chi connectivity index (χ4n) is 1.98. The second-order valence-electron chi connectivity index (χ2n) is 3.55. The van der Waals surface area contributed by atoms with Crippen molar-refractivity contribution in [2.45, 2.75) is 32.2 Å². The summed E-state index contributed by atoms with van der Waals surface area (Å²) in [6, 6.07) is 4.72. The average molecular weight is 176 g/mol. The number of aryl methyl sites for hydroxylation is 1. The van der Waals surface area contributed by atoms with Crippen LogP contribution in [0, 0.1) is 0 Å². The lowest BCUT2D eigenvalue weighted by Gasteiger charge is -2.12. The number of aromatic nitrogens is 1. The fraction of sp³-hybridized carbons (Fsp3) is 0.545. The molecule has 1 aliphatic heterocycles. The van der Waals surface area contributed by atoms with Crippen LogP contribution in [0.3, 0.4) is 0 Å². The van der Waals surface area contributed by atoms with Crippen LogP contribution in [0.1, 0.15) is 37.1 Å². The van der Waals surface area contributed by atoms with E-state index in [1.807, 2.05) is 12.3 Å². The van der Waals surface area contributed by atoms with E-state index in [0.717, 1.165) is 13.0 Å². The largest absolute Gasteiger partial charge is 0.309 e. The first-order valence-electron chi connectivity index (χ1n) is 5.09. The highest BCUT2D eigenvalue weighted by Crippen LogP contribution is 2.23. The van der Waals surface area contributed by atoms with Crippen LogP contribution in [-0.4, -0.2) is 11.5 Å². The lowest BCUT2D eigenvalue weighted by atomic mass is 10.0. The van der Waals surface area contributed by atoms with Crippen LogP contribution in [0.5, 0.6) is 0 Å². The second-order valence-corrected chi connectivity index (χ2v) is 3.55. The number of hydrogen-bond acceptors (Lipinski definition) is 2. The maximum atomic E-state index is 4.47. The van der Waals surface area contributed by atoms with Gasteiger partial charge in [-0.05, 0) is 37.4 Å². The Morgan fingerprint density at radius 2 is 2.54 bits per heavy atom. The third-order valence-electron chi connectivity index (χ3n) is 2.70. The minimum Gasteiger partial charge on any atom is -0.309 e. The van der Waals surface area contributed by atoms with Gasteiger partial charge in [0.05, 0.1) is 5.69 Å². The smallest absolute Gasteiger partial charge is 0.0604 e. The monoisotopic (exact) mass is 176 g/mol. The molecule has 1 aromatic heterocycles. The molecule has 2 heterocycles. The number of hydrogen-bond donors (Lipinski definition) is 1. The maximum Gasteiger partial charge on any atom is 0.0604 e. The van der Waals surface area contributed by atoms with E-state index in [2.05, 4.69) is 23.3 Å². The van der Waals surface area contributed by atoms with Crippen LogP contribution < -0.4 is 5.32 Å². The first kappa shape index (κ1) is 8.70. The van der Waals surface area contributed by atoms with E-state index in [1.165, 1.54) is 24.1 Å². The zero-order valence-electron chi connectivity index (χ0n) is 8.09. The van der Waals surface area contributed by atoms with Gasteiger partial charge in [-0.1, -0.05) is 13.0 Å². The Morgan fingerprint density at radius 1 is 1.62 bits per heavy atom. The van der Waals surface area contributed by atoms with E-state index in [4.69, 9.17) is 0 Å². The molecule has 1 saturated heterocycles. The minimum absolute atomic E-state index is 0.510. The Kier molecular flexibility index (Phi) is 2.60. The third kappa shape index (κ3) is 1.73. The van der Waals surface area contributed by atoms with Crippen LogP contribution in [0.15, 0.2) is 18.3 Å². The van der Waals surface area contributed by atoms with Crippen molar-refractivity contribution in [3.05, 3.63) is 29.6 Å². The average Bonchev–Trinajstić information content (AvgIpc) is 2.70. The highest BCUT2D eigenvalue weighted by Gasteiger charge is 2.19. The predicted octanol–water partition coefficient (Wildman–Crippen LogP) is 2.07. The van der Waals surface area contributed by atoms with E-state index in [-0.39, 0.29) is 0 Å². The van der Waals surface area contributed by atoms with Gasteiger partial charge in [-0.2, -0.15) is 0 Å². The normalized spacial score (nSPS) is 22.1. The standard InChI is InChI=1S/C11H16N2/c1-2-9-5-3-8-13-11(9)10-6-4-7-12-10/h3,5,8,10,12H,2,4,6-7H2,1H3. The summed E-state index contributed by atoms with van der Waals surface area (Å²) in [4.78, 5) is 4.47. The van der Waals surface area contributed by atoms with E-state index in [1.54, 1.807) is 0 Å². The van der Waals surface area contributed by atoms with Crippen LogP contribution in [0.25, 0.3) is 0 Å². The molecule has 1 aliphatic rings. The van der Waals surface area contributed by atoms with Gasteiger partial charge >= 0.3 is 0 Å². The Bertz CT molecular complexity index is 277. The van der Waals surface area contributed by atoms with Crippen molar-refractivity contribution in [1.82, 2.24) is 10.3 Å². The Balaban J connectivity index is 2.26. The molecule has 0 aliphatic carbocycles. The zero-order valence-corrected chi connectivity index (χ0v) is 8.09. The van der Waals surface area contributed by atoms with E-state index >= 15 is 0 Å². The molecule has 1 atom stereocenters. The quantitative estimate of drug-likeness (QED) is 0.746. The SMILES string of the molecule is CCc1cccnc1C1CCCN1. The van der Waals surface area contributed by atoms with Crippen molar-refractivity contribution in [3.63, 3.8) is 0 Å². The van der Waals surface area contributed by atoms with E-state index in [0.29, 0.717) is 6.04 Å². The molecule has 0 saturated carbocycles. The van der Waals surface area contributed by atoms with Crippen molar-refractivity contribution in [3.8, 4) is 0 Å². The first-order chi connectivity index (χ1) is 6.42. The molecule has 1 aromatic rings. The summed E-state index contributed by atoms with van der Waals surface area (Å²) in [7, 11) is 0. The van der Waals surface area contributed by atoms with Gasteiger partial charge in [0.1, 0.15) is 0 Å². The number of nitrogens with zero attached hydrogens (tertiary/aromatic N) is 1. The molecule has 0 spiro atoms. The second kappa shape index (κ2) is 3.88. The van der Waals surface area contributed by atoms with Crippen molar-refractivity contribution in [2.75, 3.05) is 6.54 Å². The summed E-state index contributed by atoms with van der Waals surface area (Å²) in [5.41, 5.74) is 2.66. The third-order valence-corrected chi connectivity index (χ3v) is 2.70. The van der Waals surface area contributed by atoms with Gasteiger partial charge in [0.15, 0.2) is 0 Å². The fourth-order valence-corrected chi connectivity index (χ4v) is 1.98. The van der Waals surface area contributed by atoms with Crippen LogP contribution in [0.2, 0.25) is 0 Å². The first-order valence-corrected chi connectivity index (χ1v) is 5.09. The molecule has 2 rings (SSSR count). The van der Waals surface area contributed by atoms with E-state index < -0.39 is 0 Å². The summed E-state index contributed by atoms with van der Waals surface area (Å²) in [5.74, 6) is 0. The van der Waals surface area contributed by atoms with Gasteiger partial charge in [0, 0.05) is 12.2 Å². The summed E-state index contributed by atoms with van der Waals surface area (Å²) >= 11 is 0. The molecule has 70 valence electrons. The van der Waals surface area contributed by atoms with Crippen molar-refractivity contribution < 1.29 is 0 Å². The van der Waals surface area contributed by atoms with Gasteiger partial charge in [-0.15, -0.1) is 0 Å². The van der Waals surface area contributed by atoms with Crippen molar-refractivity contribution >= 4 is 0 Å². The molecule has 2 heteroatoms. The molecule has 1 fully saturated rings. The zero-order chi connectivity index (χ0) is 9.10. The van der Waals surface area contributed by atoms with Gasteiger partial charge in [-0.3, -0.25) is 4.98 Å². The summed E-state index contributed by atoms with van der Waals surface area (Å²) in [6.07, 6.45) is 5.50. The van der Waals surface area contributed by atoms with E-state index in [9.17, 15) is 0 Å². The van der Waals surface area contributed by atoms with Gasteiger partial charge in [0.2, 0.25) is 0 Å². The highest BCUT2D eigenvalue weighted by molar-refractivity contribution is 5.23. The Hall–Kier alpha value is -0.890. The summed E-state index contributed by atoms with van der Waals surface area (Å²) in [5, 5.41) is 3.49. The number of rotatable bonds is 2. The summed E-state index contributed by atoms with van der Waals surface area (Å²) < 4.78 is 0. The van der Waals surface area contributed by atoms with Crippen molar-refractivity contribution in [1.29, 1.82) is 0 Å². The lowest BCUT2D eigenvalue weighted by Crippen LogP contribution is -2.15. The number of nitrogens with one attached hydrogen (secondary N) is 1. The molecular weight excluding hydrogens is 160 g/mol. The minimum atomic E-state index is 0.510. The predicted molar refractivity (Wildman–Crippen MR) is 53.6 cm³/mol. The lowest BCUT2D eigenvalue weighted by molar-refractivity contribution is 0.620. The Labute approximate surface area is 79.4 Å². The van der Waals surface area contributed by atoms with Gasteiger partial charge in [-0.25, -0.2) is 0 Å². The van der Waals surface area contributed by atoms with Crippen molar-refractivity contribution in [2.24, 2.45) is 0 Å². The molecule has 0 amide bonds. The van der Waals surface area contributed by atoms with Crippen LogP contribution >= 0.6 is 0 Å². The maximum absolute atomic E-state index is 4.47. The molecule has 2 nitrogen and oxygen atoms in total. The topological polar surface area (TPSA) is 24.9 Å². The molecule has 1 unspecified atom stereocenters. The number of pyridine rings is 1. The van der Waals surface area contributed by atoms with Gasteiger partial charge in [0.25, 0.3) is 0 Å². The molecule has 0 aromatic carbocycles.